The maximum absolute atomic E-state index is 12.5. The third kappa shape index (κ3) is 73.0. The predicted molar refractivity (Wildman–Crippen MR) is 384 cm³/mol. The number of allylic oxidation sites excluding steroid dienone is 5. The first-order valence-corrected chi connectivity index (χ1v) is 39.8. The lowest BCUT2D eigenvalue weighted by atomic mass is 10.0. The topological polar surface area (TPSA) is 95.9 Å². The van der Waals surface area contributed by atoms with Gasteiger partial charge in [0.05, 0.1) is 25.4 Å². The molecule has 0 radical (unpaired) electrons. The van der Waals surface area contributed by atoms with Crippen LogP contribution >= 0.6 is 0 Å². The summed E-state index contributed by atoms with van der Waals surface area (Å²) in [6, 6.07) is -0.625. The lowest BCUT2D eigenvalue weighted by molar-refractivity contribution is -0.143. The SMILES string of the molecule is CCCCCCCCCCCCCCC/C=C/C(O)C(CO)NC(=O)CCCCCCCCCCCCCCCCCCC/C=C\C/C=C\CCCCCCCCCCCCCCCCCOC(=O)CCCCCCCCCCCCCCCCCC. The van der Waals surface area contributed by atoms with Gasteiger partial charge in [-0.2, -0.15) is 0 Å². The van der Waals surface area contributed by atoms with Crippen LogP contribution in [0.5, 0.6) is 0 Å². The Bertz CT molecular complexity index is 1410. The number of rotatable bonds is 75. The molecule has 0 aliphatic rings. The first kappa shape index (κ1) is 85.1. The molecule has 0 saturated carbocycles. The number of unbranched alkanes of at least 4 members (excludes halogenated alkanes) is 60. The molecule has 6 heteroatoms. The van der Waals surface area contributed by atoms with Crippen LogP contribution in [0.3, 0.4) is 0 Å². The molecule has 0 fully saturated rings. The minimum atomic E-state index is -0.842. The highest BCUT2D eigenvalue weighted by atomic mass is 16.5. The van der Waals surface area contributed by atoms with Crippen LogP contribution < -0.4 is 5.32 Å². The van der Waals surface area contributed by atoms with E-state index in [0.717, 1.165) is 44.9 Å². The molecule has 0 aliphatic heterocycles. The molecule has 2 unspecified atom stereocenters. The molecule has 0 heterocycles. The fourth-order valence-corrected chi connectivity index (χ4v) is 12.6. The zero-order chi connectivity index (χ0) is 62.8. The van der Waals surface area contributed by atoms with Crippen molar-refractivity contribution in [1.29, 1.82) is 0 Å². The van der Waals surface area contributed by atoms with Crippen molar-refractivity contribution in [3.8, 4) is 0 Å². The van der Waals surface area contributed by atoms with Gasteiger partial charge in [0.2, 0.25) is 5.91 Å². The number of amides is 1. The quantitative estimate of drug-likeness (QED) is 0.0320. The maximum atomic E-state index is 12.5. The molecule has 514 valence electrons. The summed E-state index contributed by atoms with van der Waals surface area (Å²) in [5, 5.41) is 23.2. The molecule has 0 aromatic heterocycles. The number of carbonyl (C=O) groups is 2. The lowest BCUT2D eigenvalue weighted by Crippen LogP contribution is -2.45. The second-order valence-corrected chi connectivity index (χ2v) is 27.4. The van der Waals surface area contributed by atoms with Gasteiger partial charge >= 0.3 is 5.97 Å². The van der Waals surface area contributed by atoms with Crippen LogP contribution in [0.15, 0.2) is 36.5 Å². The van der Waals surface area contributed by atoms with Gasteiger partial charge in [-0.3, -0.25) is 9.59 Å². The average molecular weight is 1220 g/mol. The summed E-state index contributed by atoms with van der Waals surface area (Å²) < 4.78 is 5.51. The second-order valence-electron chi connectivity index (χ2n) is 27.4. The van der Waals surface area contributed by atoms with Crippen molar-refractivity contribution >= 4 is 11.9 Å². The number of esters is 1. The van der Waals surface area contributed by atoms with Crippen LogP contribution in [0.4, 0.5) is 0 Å². The number of nitrogens with one attached hydrogen (secondary N) is 1. The Morgan fingerprint density at radius 1 is 0.322 bits per heavy atom. The van der Waals surface area contributed by atoms with E-state index in [-0.39, 0.29) is 18.5 Å². The second kappa shape index (κ2) is 76.5. The van der Waals surface area contributed by atoms with Crippen LogP contribution in [0.1, 0.15) is 444 Å². The third-order valence-corrected chi connectivity index (χ3v) is 18.7. The average Bonchev–Trinajstić information content (AvgIpc) is 3.54. The molecule has 0 spiro atoms. The summed E-state index contributed by atoms with van der Waals surface area (Å²) >= 11 is 0. The van der Waals surface area contributed by atoms with Crippen molar-refractivity contribution in [2.75, 3.05) is 13.2 Å². The molecule has 0 aromatic rings. The normalized spacial score (nSPS) is 12.6. The van der Waals surface area contributed by atoms with Crippen LogP contribution in [0.25, 0.3) is 0 Å². The van der Waals surface area contributed by atoms with Crippen LogP contribution in [-0.4, -0.2) is 47.4 Å². The van der Waals surface area contributed by atoms with Crippen molar-refractivity contribution in [2.24, 2.45) is 0 Å². The largest absolute Gasteiger partial charge is 0.466 e. The molecule has 1 amide bonds. The molecule has 2 atom stereocenters. The number of ether oxygens (including phenoxy) is 1. The van der Waals surface area contributed by atoms with Gasteiger partial charge in [0, 0.05) is 12.8 Å². The van der Waals surface area contributed by atoms with Crippen molar-refractivity contribution in [2.45, 2.75) is 456 Å². The summed E-state index contributed by atoms with van der Waals surface area (Å²) in [7, 11) is 0. The molecule has 0 rings (SSSR count). The van der Waals surface area contributed by atoms with Crippen LogP contribution in [0, 0.1) is 0 Å². The fourth-order valence-electron chi connectivity index (χ4n) is 12.6. The van der Waals surface area contributed by atoms with Gasteiger partial charge < -0.3 is 20.3 Å². The van der Waals surface area contributed by atoms with Gasteiger partial charge in [0.15, 0.2) is 0 Å². The van der Waals surface area contributed by atoms with Crippen molar-refractivity contribution in [3.63, 3.8) is 0 Å². The molecular formula is C81H155NO5. The standard InChI is InChI=1S/C81H155NO5/c1-3-5-7-9-11-13-15-17-19-47-51-55-59-63-67-71-75-81(86)87-76-72-68-64-60-56-52-48-44-42-40-38-36-34-32-30-28-26-24-22-20-21-23-25-27-29-31-33-35-37-39-41-43-46-50-54-58-62-66-70-74-80(85)82-78(77-83)79(84)73-69-65-61-57-53-49-45-18-16-14-12-10-8-6-4-2/h20-21,24,26,69,73,78-79,83-84H,3-19,22-23,25,27-68,70-72,74-77H2,1-2H3,(H,82,85)/b21-20-,26-24-,73-69+. The molecule has 0 bridgehead atoms. The van der Waals surface area contributed by atoms with Gasteiger partial charge in [0.25, 0.3) is 0 Å². The summed E-state index contributed by atoms with van der Waals surface area (Å²) in [5.74, 6) is -0.0379. The van der Waals surface area contributed by atoms with E-state index in [1.165, 1.54) is 372 Å². The van der Waals surface area contributed by atoms with Gasteiger partial charge in [-0.05, 0) is 64.2 Å². The molecular weight excluding hydrogens is 1070 g/mol. The van der Waals surface area contributed by atoms with E-state index in [1.54, 1.807) is 6.08 Å². The Morgan fingerprint density at radius 3 is 0.874 bits per heavy atom. The first-order valence-electron chi connectivity index (χ1n) is 39.8. The summed E-state index contributed by atoms with van der Waals surface area (Å²) in [6.45, 7) is 4.95. The first-order chi connectivity index (χ1) is 43.0. The van der Waals surface area contributed by atoms with E-state index in [1.807, 2.05) is 6.08 Å². The van der Waals surface area contributed by atoms with Crippen LogP contribution in [0.2, 0.25) is 0 Å². The predicted octanol–water partition coefficient (Wildman–Crippen LogP) is 26.2. The number of hydrogen-bond acceptors (Lipinski definition) is 5. The van der Waals surface area contributed by atoms with Crippen molar-refractivity contribution < 1.29 is 24.5 Å². The molecule has 0 saturated heterocycles. The Hall–Kier alpha value is -1.92. The molecule has 0 aliphatic carbocycles. The van der Waals surface area contributed by atoms with E-state index in [0.29, 0.717) is 19.4 Å². The highest BCUT2D eigenvalue weighted by Crippen LogP contribution is 2.20. The van der Waals surface area contributed by atoms with E-state index in [2.05, 4.69) is 43.5 Å². The van der Waals surface area contributed by atoms with Gasteiger partial charge in [-0.15, -0.1) is 0 Å². The highest BCUT2D eigenvalue weighted by Gasteiger charge is 2.18. The number of hydrogen-bond donors (Lipinski definition) is 3. The Morgan fingerprint density at radius 2 is 0.575 bits per heavy atom. The van der Waals surface area contributed by atoms with E-state index >= 15 is 0 Å². The Labute approximate surface area is 544 Å². The summed E-state index contributed by atoms with van der Waals surface area (Å²) in [6.07, 6.45) is 99.9. The van der Waals surface area contributed by atoms with E-state index < -0.39 is 12.1 Å². The number of aliphatic hydroxyl groups is 2. The zero-order valence-electron chi connectivity index (χ0n) is 59.0. The molecule has 0 aromatic carbocycles. The smallest absolute Gasteiger partial charge is 0.305 e. The minimum absolute atomic E-state index is 0.0243. The summed E-state index contributed by atoms with van der Waals surface area (Å²) in [4.78, 5) is 24.6. The van der Waals surface area contributed by atoms with Gasteiger partial charge in [0.1, 0.15) is 0 Å². The number of carbonyl (C=O) groups excluding carboxylic acids is 2. The molecule has 6 nitrogen and oxygen atoms in total. The number of aliphatic hydroxyl groups excluding tert-OH is 2. The maximum Gasteiger partial charge on any atom is 0.305 e. The Balaban J connectivity index is 3.35. The zero-order valence-corrected chi connectivity index (χ0v) is 59.0. The fraction of sp³-hybridized carbons (Fsp3) is 0.901. The van der Waals surface area contributed by atoms with Crippen LogP contribution in [-0.2, 0) is 14.3 Å². The van der Waals surface area contributed by atoms with E-state index in [4.69, 9.17) is 4.74 Å². The highest BCUT2D eigenvalue weighted by molar-refractivity contribution is 5.76. The van der Waals surface area contributed by atoms with Gasteiger partial charge in [-0.25, -0.2) is 0 Å². The molecule has 3 N–H and O–H groups in total. The lowest BCUT2D eigenvalue weighted by Gasteiger charge is -2.20. The summed E-state index contributed by atoms with van der Waals surface area (Å²) in [5.41, 5.74) is 0. The van der Waals surface area contributed by atoms with Crippen molar-refractivity contribution in [1.82, 2.24) is 5.32 Å². The van der Waals surface area contributed by atoms with Crippen molar-refractivity contribution in [3.05, 3.63) is 36.5 Å². The third-order valence-electron chi connectivity index (χ3n) is 18.7. The molecule has 87 heavy (non-hydrogen) atoms. The van der Waals surface area contributed by atoms with E-state index in [9.17, 15) is 19.8 Å². The monoisotopic (exact) mass is 1220 g/mol. The Kier molecular flexibility index (Phi) is 74.8. The minimum Gasteiger partial charge on any atom is -0.466 e. The van der Waals surface area contributed by atoms with Gasteiger partial charge in [-0.1, -0.05) is 403 Å².